The number of piperidine rings is 1. The molecule has 0 spiro atoms. The number of nitrogens with zero attached hydrogens (tertiary/aromatic N) is 2. The predicted molar refractivity (Wildman–Crippen MR) is 82.6 cm³/mol. The van der Waals surface area contributed by atoms with Crippen LogP contribution in [0.4, 0.5) is 0 Å². The second-order valence-corrected chi connectivity index (χ2v) is 5.82. The summed E-state index contributed by atoms with van der Waals surface area (Å²) in [6, 6.07) is 0. The van der Waals surface area contributed by atoms with Crippen LogP contribution in [0.25, 0.3) is 0 Å². The summed E-state index contributed by atoms with van der Waals surface area (Å²) in [6.07, 6.45) is 2.91. The van der Waals surface area contributed by atoms with Crippen LogP contribution < -0.4 is 5.73 Å². The van der Waals surface area contributed by atoms with Crippen molar-refractivity contribution >= 4 is 29.7 Å². The zero-order valence-electron chi connectivity index (χ0n) is 11.7. The molecule has 1 aliphatic heterocycles. The SMILES string of the molecule is COCC1CCCN(C(=O)c2csc(CCN)n2)C1.Cl. The van der Waals surface area contributed by atoms with Gasteiger partial charge in [-0.1, -0.05) is 0 Å². The molecule has 114 valence electrons. The van der Waals surface area contributed by atoms with E-state index < -0.39 is 0 Å². The van der Waals surface area contributed by atoms with E-state index in [9.17, 15) is 4.79 Å². The van der Waals surface area contributed by atoms with E-state index in [1.807, 2.05) is 10.3 Å². The van der Waals surface area contributed by atoms with E-state index in [0.29, 0.717) is 18.2 Å². The lowest BCUT2D eigenvalue weighted by atomic mass is 9.99. The normalized spacial score (nSPS) is 18.7. The fraction of sp³-hybridized carbons (Fsp3) is 0.692. The number of ether oxygens (including phenoxy) is 1. The Bertz CT molecular complexity index is 426. The maximum atomic E-state index is 12.4. The molecule has 2 heterocycles. The first-order valence-corrected chi connectivity index (χ1v) is 7.55. The van der Waals surface area contributed by atoms with Gasteiger partial charge in [-0.15, -0.1) is 23.7 Å². The van der Waals surface area contributed by atoms with Gasteiger partial charge in [0.05, 0.1) is 11.6 Å². The molecule has 20 heavy (non-hydrogen) atoms. The summed E-state index contributed by atoms with van der Waals surface area (Å²) in [5, 5.41) is 2.78. The molecule has 1 aromatic heterocycles. The Labute approximate surface area is 129 Å². The molecule has 2 rings (SSSR count). The highest BCUT2D eigenvalue weighted by atomic mass is 35.5. The van der Waals surface area contributed by atoms with Crippen LogP contribution in [0.1, 0.15) is 28.3 Å². The first-order valence-electron chi connectivity index (χ1n) is 6.67. The molecule has 1 unspecified atom stereocenters. The fourth-order valence-electron chi connectivity index (χ4n) is 2.43. The van der Waals surface area contributed by atoms with Gasteiger partial charge in [-0.25, -0.2) is 4.98 Å². The number of halogens is 1. The largest absolute Gasteiger partial charge is 0.384 e. The van der Waals surface area contributed by atoms with E-state index in [4.69, 9.17) is 10.5 Å². The lowest BCUT2D eigenvalue weighted by Gasteiger charge is -2.31. The molecule has 0 radical (unpaired) electrons. The molecule has 0 bridgehead atoms. The van der Waals surface area contributed by atoms with Crippen LogP contribution in [0.2, 0.25) is 0 Å². The summed E-state index contributed by atoms with van der Waals surface area (Å²) < 4.78 is 5.19. The molecular formula is C13H22ClN3O2S. The van der Waals surface area contributed by atoms with Gasteiger partial charge in [0.2, 0.25) is 0 Å². The average molecular weight is 320 g/mol. The van der Waals surface area contributed by atoms with Crippen molar-refractivity contribution in [2.24, 2.45) is 11.7 Å². The number of carbonyl (C=O) groups excluding carboxylic acids is 1. The minimum atomic E-state index is 0. The highest BCUT2D eigenvalue weighted by Gasteiger charge is 2.25. The van der Waals surface area contributed by atoms with Crippen LogP contribution in [-0.4, -0.2) is 49.1 Å². The van der Waals surface area contributed by atoms with Crippen molar-refractivity contribution in [2.45, 2.75) is 19.3 Å². The van der Waals surface area contributed by atoms with E-state index in [0.717, 1.165) is 44.0 Å². The second kappa shape index (κ2) is 8.56. The monoisotopic (exact) mass is 319 g/mol. The van der Waals surface area contributed by atoms with Crippen LogP contribution in [-0.2, 0) is 11.2 Å². The number of amides is 1. The van der Waals surface area contributed by atoms with E-state index >= 15 is 0 Å². The molecule has 1 aliphatic rings. The minimum absolute atomic E-state index is 0. The highest BCUT2D eigenvalue weighted by Crippen LogP contribution is 2.19. The Kier molecular flexibility index (Phi) is 7.43. The van der Waals surface area contributed by atoms with Gasteiger partial charge in [-0.3, -0.25) is 4.79 Å². The quantitative estimate of drug-likeness (QED) is 0.894. The summed E-state index contributed by atoms with van der Waals surface area (Å²) in [5.74, 6) is 0.491. The Morgan fingerprint density at radius 3 is 3.15 bits per heavy atom. The first kappa shape index (κ1) is 17.4. The summed E-state index contributed by atoms with van der Waals surface area (Å²) in [5.41, 5.74) is 6.06. The topological polar surface area (TPSA) is 68.5 Å². The van der Waals surface area contributed by atoms with Crippen molar-refractivity contribution in [3.05, 3.63) is 16.1 Å². The summed E-state index contributed by atoms with van der Waals surface area (Å²) in [6.45, 7) is 2.89. The molecule has 0 saturated carbocycles. The van der Waals surface area contributed by atoms with Crippen molar-refractivity contribution < 1.29 is 9.53 Å². The Balaban J connectivity index is 0.00000200. The minimum Gasteiger partial charge on any atom is -0.384 e. The lowest BCUT2D eigenvalue weighted by molar-refractivity contribution is 0.0566. The van der Waals surface area contributed by atoms with Crippen LogP contribution in [0.3, 0.4) is 0 Å². The molecule has 1 amide bonds. The third-order valence-electron chi connectivity index (χ3n) is 3.34. The van der Waals surface area contributed by atoms with Crippen molar-refractivity contribution in [3.63, 3.8) is 0 Å². The van der Waals surface area contributed by atoms with Crippen molar-refractivity contribution in [1.29, 1.82) is 0 Å². The standard InChI is InChI=1S/C13H21N3O2S.ClH/c1-18-8-10-3-2-6-16(7-10)13(17)11-9-19-12(15-11)4-5-14;/h9-10H,2-8,14H2,1H3;1H. The van der Waals surface area contributed by atoms with E-state index in [-0.39, 0.29) is 18.3 Å². The summed E-state index contributed by atoms with van der Waals surface area (Å²) in [4.78, 5) is 18.6. The maximum Gasteiger partial charge on any atom is 0.273 e. The molecular weight excluding hydrogens is 298 g/mol. The van der Waals surface area contributed by atoms with Gasteiger partial charge < -0.3 is 15.4 Å². The Morgan fingerprint density at radius 1 is 1.65 bits per heavy atom. The average Bonchev–Trinajstić information content (AvgIpc) is 2.88. The summed E-state index contributed by atoms with van der Waals surface area (Å²) in [7, 11) is 1.71. The van der Waals surface area contributed by atoms with Gasteiger partial charge in [0.15, 0.2) is 0 Å². The third kappa shape index (κ3) is 4.41. The molecule has 1 saturated heterocycles. The lowest BCUT2D eigenvalue weighted by Crippen LogP contribution is -2.41. The number of thiazole rings is 1. The van der Waals surface area contributed by atoms with E-state index in [2.05, 4.69) is 4.98 Å². The second-order valence-electron chi connectivity index (χ2n) is 4.88. The fourth-order valence-corrected chi connectivity index (χ4v) is 3.22. The predicted octanol–water partition coefficient (Wildman–Crippen LogP) is 1.56. The zero-order chi connectivity index (χ0) is 13.7. The molecule has 2 N–H and O–H groups in total. The van der Waals surface area contributed by atoms with Crippen molar-refractivity contribution in [3.8, 4) is 0 Å². The molecule has 1 atom stereocenters. The molecule has 7 heteroatoms. The number of hydrogen-bond acceptors (Lipinski definition) is 5. The summed E-state index contributed by atoms with van der Waals surface area (Å²) >= 11 is 1.51. The van der Waals surface area contributed by atoms with Gasteiger partial charge in [-0.2, -0.15) is 0 Å². The number of carbonyl (C=O) groups is 1. The number of likely N-dealkylation sites (tertiary alicyclic amines) is 1. The first-order chi connectivity index (χ1) is 9.24. The number of hydrogen-bond donors (Lipinski definition) is 1. The Morgan fingerprint density at radius 2 is 2.45 bits per heavy atom. The van der Waals surface area contributed by atoms with Gasteiger partial charge in [-0.05, 0) is 25.3 Å². The zero-order valence-corrected chi connectivity index (χ0v) is 13.3. The van der Waals surface area contributed by atoms with Gasteiger partial charge in [0, 0.05) is 32.0 Å². The van der Waals surface area contributed by atoms with Crippen molar-refractivity contribution in [1.82, 2.24) is 9.88 Å². The van der Waals surface area contributed by atoms with Crippen LogP contribution in [0, 0.1) is 5.92 Å². The van der Waals surface area contributed by atoms with Gasteiger partial charge >= 0.3 is 0 Å². The highest BCUT2D eigenvalue weighted by molar-refractivity contribution is 7.09. The molecule has 5 nitrogen and oxygen atoms in total. The van der Waals surface area contributed by atoms with Crippen molar-refractivity contribution in [2.75, 3.05) is 33.4 Å². The number of aromatic nitrogens is 1. The van der Waals surface area contributed by atoms with E-state index in [1.165, 1.54) is 11.3 Å². The molecule has 1 aromatic rings. The number of methoxy groups -OCH3 is 1. The van der Waals surface area contributed by atoms with Gasteiger partial charge in [0.25, 0.3) is 5.91 Å². The van der Waals surface area contributed by atoms with E-state index in [1.54, 1.807) is 7.11 Å². The Hall–Kier alpha value is -0.690. The maximum absolute atomic E-state index is 12.4. The smallest absolute Gasteiger partial charge is 0.273 e. The third-order valence-corrected chi connectivity index (χ3v) is 4.25. The van der Waals surface area contributed by atoms with Gasteiger partial charge in [0.1, 0.15) is 5.69 Å². The molecule has 1 fully saturated rings. The van der Waals surface area contributed by atoms with Crippen LogP contribution in [0.5, 0.6) is 0 Å². The number of nitrogens with two attached hydrogens (primary N) is 1. The molecule has 0 aromatic carbocycles. The molecule has 0 aliphatic carbocycles. The number of rotatable bonds is 5. The van der Waals surface area contributed by atoms with Crippen LogP contribution >= 0.6 is 23.7 Å². The van der Waals surface area contributed by atoms with Crippen LogP contribution in [0.15, 0.2) is 5.38 Å².